The molecule has 0 heterocycles. The molecule has 0 aliphatic heterocycles. The fourth-order valence-electron chi connectivity index (χ4n) is 5.62. The van der Waals surface area contributed by atoms with Crippen LogP contribution in [-0.4, -0.2) is 0 Å². The highest BCUT2D eigenvalue weighted by Crippen LogP contribution is 2.48. The van der Waals surface area contributed by atoms with Crippen LogP contribution in [0.5, 0.6) is 0 Å². The Morgan fingerprint density at radius 1 is 0.875 bits per heavy atom. The Morgan fingerprint density at radius 3 is 2.29 bits per heavy atom. The maximum absolute atomic E-state index is 9.92. The molecule has 1 nitrogen and oxygen atoms in total. The van der Waals surface area contributed by atoms with Gasteiger partial charge < -0.3 is 0 Å². The first-order valence-corrected chi connectivity index (χ1v) is 11.1. The SMILES string of the molecule is CCCCCCCC1(C#N)CCCC(C2CCC(CCC)CC2)C1. The second-order valence-corrected chi connectivity index (χ2v) is 8.98. The predicted molar refractivity (Wildman–Crippen MR) is 104 cm³/mol. The Bertz CT molecular complexity index is 374. The van der Waals surface area contributed by atoms with Crippen molar-refractivity contribution < 1.29 is 0 Å². The number of rotatable bonds is 9. The first-order valence-electron chi connectivity index (χ1n) is 11.1. The van der Waals surface area contributed by atoms with Crippen molar-refractivity contribution in [3.63, 3.8) is 0 Å². The van der Waals surface area contributed by atoms with Crippen LogP contribution in [0.2, 0.25) is 0 Å². The van der Waals surface area contributed by atoms with Gasteiger partial charge >= 0.3 is 0 Å². The van der Waals surface area contributed by atoms with E-state index in [2.05, 4.69) is 19.9 Å². The Kier molecular flexibility index (Phi) is 8.65. The molecule has 0 radical (unpaired) electrons. The summed E-state index contributed by atoms with van der Waals surface area (Å²) in [6, 6.07) is 2.81. The second kappa shape index (κ2) is 10.5. The van der Waals surface area contributed by atoms with E-state index in [0.717, 1.165) is 17.8 Å². The third kappa shape index (κ3) is 5.79. The molecule has 2 aliphatic carbocycles. The molecule has 2 atom stereocenters. The van der Waals surface area contributed by atoms with Gasteiger partial charge in [-0.2, -0.15) is 5.26 Å². The average molecular weight is 332 g/mol. The van der Waals surface area contributed by atoms with E-state index < -0.39 is 0 Å². The quantitative estimate of drug-likeness (QED) is 0.398. The minimum Gasteiger partial charge on any atom is -0.198 e. The monoisotopic (exact) mass is 331 g/mol. The van der Waals surface area contributed by atoms with E-state index in [1.54, 1.807) is 0 Å². The number of hydrogen-bond donors (Lipinski definition) is 0. The fraction of sp³-hybridized carbons (Fsp3) is 0.957. The molecule has 0 aromatic heterocycles. The molecule has 0 bridgehead atoms. The van der Waals surface area contributed by atoms with Gasteiger partial charge in [-0.3, -0.25) is 0 Å². The maximum atomic E-state index is 9.92. The molecule has 0 saturated heterocycles. The predicted octanol–water partition coefficient (Wildman–Crippen LogP) is 7.65. The van der Waals surface area contributed by atoms with Gasteiger partial charge in [0.2, 0.25) is 0 Å². The Balaban J connectivity index is 1.80. The van der Waals surface area contributed by atoms with Crippen molar-refractivity contribution in [2.75, 3.05) is 0 Å². The standard InChI is InChI=1S/C23H41N/c1-3-5-6-7-8-16-23(19-24)17-9-11-22(18-23)21-14-12-20(10-4-2)13-15-21/h20-22H,3-18H2,1-2H3. The molecule has 24 heavy (non-hydrogen) atoms. The fourth-order valence-corrected chi connectivity index (χ4v) is 5.62. The molecule has 138 valence electrons. The molecular weight excluding hydrogens is 290 g/mol. The lowest BCUT2D eigenvalue weighted by molar-refractivity contribution is 0.102. The van der Waals surface area contributed by atoms with Crippen LogP contribution in [0.15, 0.2) is 0 Å². The summed E-state index contributed by atoms with van der Waals surface area (Å²) in [5.74, 6) is 2.80. The summed E-state index contributed by atoms with van der Waals surface area (Å²) in [4.78, 5) is 0. The zero-order chi connectivity index (χ0) is 17.3. The van der Waals surface area contributed by atoms with Gasteiger partial charge in [-0.05, 0) is 49.9 Å². The second-order valence-electron chi connectivity index (χ2n) is 8.98. The minimum atomic E-state index is 0.0371. The van der Waals surface area contributed by atoms with Crippen molar-refractivity contribution in [1.82, 2.24) is 0 Å². The molecule has 0 aromatic rings. The van der Waals surface area contributed by atoms with Crippen molar-refractivity contribution >= 4 is 0 Å². The van der Waals surface area contributed by atoms with Crippen LogP contribution in [0.4, 0.5) is 0 Å². The van der Waals surface area contributed by atoms with Crippen molar-refractivity contribution in [3.05, 3.63) is 0 Å². The van der Waals surface area contributed by atoms with Gasteiger partial charge in [0.15, 0.2) is 0 Å². The highest BCUT2D eigenvalue weighted by molar-refractivity contribution is 5.03. The van der Waals surface area contributed by atoms with E-state index in [4.69, 9.17) is 0 Å². The Hall–Kier alpha value is -0.510. The normalized spacial score (nSPS) is 34.0. The van der Waals surface area contributed by atoms with E-state index in [1.807, 2.05) is 0 Å². The summed E-state index contributed by atoms with van der Waals surface area (Å²) in [5, 5.41) is 9.92. The molecule has 0 aromatic carbocycles. The summed E-state index contributed by atoms with van der Waals surface area (Å²) < 4.78 is 0. The molecule has 2 rings (SSSR count). The topological polar surface area (TPSA) is 23.8 Å². The summed E-state index contributed by atoms with van der Waals surface area (Å²) in [5.41, 5.74) is 0.0371. The molecule has 2 fully saturated rings. The van der Waals surface area contributed by atoms with Crippen molar-refractivity contribution in [2.45, 2.75) is 117 Å². The molecule has 0 N–H and O–H groups in total. The Morgan fingerprint density at radius 2 is 1.62 bits per heavy atom. The van der Waals surface area contributed by atoms with E-state index in [0.29, 0.717) is 0 Å². The molecule has 2 saturated carbocycles. The third-order valence-electron chi connectivity index (χ3n) is 7.13. The number of nitrogens with zero attached hydrogens (tertiary/aromatic N) is 1. The van der Waals surface area contributed by atoms with E-state index in [9.17, 15) is 5.26 Å². The summed E-state index contributed by atoms with van der Waals surface area (Å²) >= 11 is 0. The van der Waals surface area contributed by atoms with Gasteiger partial charge in [0.25, 0.3) is 0 Å². The van der Waals surface area contributed by atoms with Gasteiger partial charge in [-0.25, -0.2) is 0 Å². The van der Waals surface area contributed by atoms with Crippen LogP contribution >= 0.6 is 0 Å². The highest BCUT2D eigenvalue weighted by Gasteiger charge is 2.39. The van der Waals surface area contributed by atoms with Crippen LogP contribution in [-0.2, 0) is 0 Å². The maximum Gasteiger partial charge on any atom is 0.0689 e. The van der Waals surface area contributed by atoms with Gasteiger partial charge in [0, 0.05) is 0 Å². The molecule has 2 aliphatic rings. The molecule has 2 unspecified atom stereocenters. The molecule has 0 amide bonds. The zero-order valence-electron chi connectivity index (χ0n) is 16.5. The van der Waals surface area contributed by atoms with Crippen LogP contribution < -0.4 is 0 Å². The summed E-state index contributed by atoms with van der Waals surface area (Å²) in [6.45, 7) is 4.60. The van der Waals surface area contributed by atoms with Crippen LogP contribution in [0.25, 0.3) is 0 Å². The van der Waals surface area contributed by atoms with Crippen molar-refractivity contribution in [1.29, 1.82) is 5.26 Å². The van der Waals surface area contributed by atoms with Gasteiger partial charge in [0.05, 0.1) is 11.5 Å². The van der Waals surface area contributed by atoms with E-state index in [-0.39, 0.29) is 5.41 Å². The van der Waals surface area contributed by atoms with Crippen LogP contribution in [0.3, 0.4) is 0 Å². The Labute approximate surface area is 151 Å². The first kappa shape index (κ1) is 19.8. The average Bonchev–Trinajstić information content (AvgIpc) is 2.63. The molecular formula is C23H41N. The third-order valence-corrected chi connectivity index (χ3v) is 7.13. The van der Waals surface area contributed by atoms with Crippen molar-refractivity contribution in [3.8, 4) is 6.07 Å². The van der Waals surface area contributed by atoms with Gasteiger partial charge in [-0.15, -0.1) is 0 Å². The first-order chi connectivity index (χ1) is 11.7. The summed E-state index contributed by atoms with van der Waals surface area (Å²) in [7, 11) is 0. The van der Waals surface area contributed by atoms with E-state index in [1.165, 1.54) is 103 Å². The molecule has 1 heteroatoms. The van der Waals surface area contributed by atoms with Gasteiger partial charge in [0.1, 0.15) is 0 Å². The largest absolute Gasteiger partial charge is 0.198 e. The lowest BCUT2D eigenvalue weighted by Gasteiger charge is -2.42. The van der Waals surface area contributed by atoms with Gasteiger partial charge in [-0.1, -0.05) is 84.5 Å². The molecule has 0 spiro atoms. The van der Waals surface area contributed by atoms with Crippen LogP contribution in [0.1, 0.15) is 117 Å². The lowest BCUT2D eigenvalue weighted by Crippen LogP contribution is -2.32. The number of unbranched alkanes of at least 4 members (excludes halogenated alkanes) is 4. The number of hydrogen-bond acceptors (Lipinski definition) is 1. The summed E-state index contributed by atoms with van der Waals surface area (Å²) in [6.07, 6.45) is 21.6. The number of nitriles is 1. The van der Waals surface area contributed by atoms with E-state index >= 15 is 0 Å². The highest BCUT2D eigenvalue weighted by atomic mass is 14.5. The lowest BCUT2D eigenvalue weighted by atomic mass is 9.62. The van der Waals surface area contributed by atoms with Crippen LogP contribution in [0, 0.1) is 34.5 Å². The minimum absolute atomic E-state index is 0.0371. The van der Waals surface area contributed by atoms with Crippen molar-refractivity contribution in [2.24, 2.45) is 23.2 Å². The zero-order valence-corrected chi connectivity index (χ0v) is 16.5. The smallest absolute Gasteiger partial charge is 0.0689 e.